The number of rotatable bonds is 10. The Morgan fingerprint density at radius 1 is 0.644 bits per heavy atom. The number of carbonyl (C=O) groups is 4. The van der Waals surface area contributed by atoms with E-state index in [1.54, 1.807) is 27.7 Å². The van der Waals surface area contributed by atoms with Gasteiger partial charge in [-0.15, -0.1) is 0 Å². The van der Waals surface area contributed by atoms with E-state index in [2.05, 4.69) is 0 Å². The van der Waals surface area contributed by atoms with Crippen LogP contribution in [0.5, 0.6) is 0 Å². The zero-order valence-electron chi connectivity index (χ0n) is 25.0. The number of nitrogens with two attached hydrogens (primary N) is 1. The second kappa shape index (κ2) is 13.1. The average Bonchev–Trinajstić information content (AvgIpc) is 2.97. The predicted molar refractivity (Wildman–Crippen MR) is 156 cm³/mol. The van der Waals surface area contributed by atoms with Gasteiger partial charge in [-0.05, 0) is 38.8 Å². The first kappa shape index (κ1) is 34.2. The van der Waals surface area contributed by atoms with Gasteiger partial charge in [-0.2, -0.15) is 0 Å². The molecule has 4 amide bonds. The summed E-state index contributed by atoms with van der Waals surface area (Å²) in [4.78, 5) is 84.1. The summed E-state index contributed by atoms with van der Waals surface area (Å²) in [6.07, 6.45) is 0.951. The van der Waals surface area contributed by atoms with Crippen LogP contribution in [0.15, 0.2) is 36.4 Å². The van der Waals surface area contributed by atoms with E-state index in [0.29, 0.717) is 37.1 Å². The van der Waals surface area contributed by atoms with Gasteiger partial charge in [0, 0.05) is 50.2 Å². The van der Waals surface area contributed by atoms with Crippen molar-refractivity contribution in [3.8, 4) is 0 Å². The van der Waals surface area contributed by atoms with Gasteiger partial charge in [-0.3, -0.25) is 49.2 Å². The summed E-state index contributed by atoms with van der Waals surface area (Å²) in [6, 6.07) is 7.94. The van der Waals surface area contributed by atoms with Crippen LogP contribution in [0, 0.1) is 35.6 Å². The second-order valence-electron chi connectivity index (χ2n) is 11.5. The Kier molecular flexibility index (Phi) is 9.97. The fourth-order valence-electron chi connectivity index (χ4n) is 5.45. The van der Waals surface area contributed by atoms with Gasteiger partial charge >= 0.3 is 0 Å². The van der Waals surface area contributed by atoms with Crippen LogP contribution in [-0.2, 0) is 20.4 Å². The van der Waals surface area contributed by atoms with Crippen LogP contribution in [0.3, 0.4) is 0 Å². The highest BCUT2D eigenvalue weighted by atomic mass is 16.9. The maximum atomic E-state index is 13.1. The molecule has 0 atom stereocenters. The first-order chi connectivity index (χ1) is 20.9. The molecule has 0 unspecified atom stereocenters. The molecule has 240 valence electrons. The molecule has 2 heterocycles. The van der Waals surface area contributed by atoms with Gasteiger partial charge < -0.3 is 20.6 Å². The topological polar surface area (TPSA) is 244 Å². The van der Waals surface area contributed by atoms with Crippen LogP contribution in [0.1, 0.15) is 72.4 Å². The Hall–Kier alpha value is -5.32. The van der Waals surface area contributed by atoms with Crippen molar-refractivity contribution in [2.45, 2.75) is 51.4 Å². The number of quaternary nitrogens is 1. The van der Waals surface area contributed by atoms with Crippen molar-refractivity contribution in [3.05, 3.63) is 94.2 Å². The molecule has 2 aliphatic rings. The highest BCUT2D eigenvalue weighted by molar-refractivity contribution is 6.14. The van der Waals surface area contributed by atoms with Crippen molar-refractivity contribution < 1.29 is 39.4 Å². The molecule has 0 bridgehead atoms. The van der Waals surface area contributed by atoms with Crippen LogP contribution in [0.4, 0.5) is 11.4 Å². The molecule has 2 aromatic rings. The third-order valence-corrected chi connectivity index (χ3v) is 7.87. The van der Waals surface area contributed by atoms with Crippen LogP contribution in [0.2, 0.25) is 0 Å². The zero-order chi connectivity index (χ0) is 33.9. The third kappa shape index (κ3) is 6.93. The Balaban J connectivity index is 0.00000130. The molecule has 0 aliphatic carbocycles. The number of fused-ring (bicyclic) bond motifs is 2. The molecule has 0 saturated heterocycles. The highest BCUT2D eigenvalue weighted by Gasteiger charge is 2.46. The summed E-state index contributed by atoms with van der Waals surface area (Å²) in [7, 11) is 0. The molecule has 17 nitrogen and oxygen atoms in total. The molecule has 2 aliphatic heterocycles. The highest BCUT2D eigenvalue weighted by Crippen LogP contribution is 2.37. The molecule has 0 fully saturated rings. The lowest BCUT2D eigenvalue weighted by Gasteiger charge is -2.37. The van der Waals surface area contributed by atoms with E-state index in [-0.39, 0.29) is 47.4 Å². The summed E-state index contributed by atoms with van der Waals surface area (Å²) >= 11 is 0. The van der Waals surface area contributed by atoms with Gasteiger partial charge in [0.25, 0.3) is 23.2 Å². The molecule has 17 heteroatoms. The van der Waals surface area contributed by atoms with Gasteiger partial charge in [0.15, 0.2) is 0 Å². The van der Waals surface area contributed by atoms with Crippen molar-refractivity contribution in [2.75, 3.05) is 26.2 Å². The molecule has 0 saturated carbocycles. The van der Waals surface area contributed by atoms with E-state index in [1.807, 2.05) is 5.32 Å². The standard InChI is InChI=1S/C28H31N5O8.NO3/c1-27(2)21-9-7-17(32(38)39)15-19(21)23(34)30(25(27)36)13-5-11-29-12-6-14-31-24(35)20-16-18(33(40)41)8-10-22(20)28(3,4)26(31)37;2-1(3)4/h7-10,15-16,29H,5-6,11-14H2,1-4H3;/q;-1/p+1. The Morgan fingerprint density at radius 3 is 1.29 bits per heavy atom. The van der Waals surface area contributed by atoms with Crippen molar-refractivity contribution in [2.24, 2.45) is 0 Å². The second-order valence-corrected chi connectivity index (χ2v) is 11.5. The number of imide groups is 2. The Bertz CT molecular complexity index is 1470. The van der Waals surface area contributed by atoms with Crippen molar-refractivity contribution in [1.82, 2.24) is 9.80 Å². The van der Waals surface area contributed by atoms with Crippen molar-refractivity contribution >= 4 is 35.0 Å². The fourth-order valence-corrected chi connectivity index (χ4v) is 5.45. The summed E-state index contributed by atoms with van der Waals surface area (Å²) in [6.45, 7) is 8.15. The SMILES string of the molecule is CC1(C)C(=O)N(CCC[NH2+]CCCN2C(=O)c3cc([N+](=O)[O-])ccc3C(C)(C)C2=O)C(=O)c2cc([N+](=O)[O-])ccc21.O=[N+]([O-])[O-]. The maximum Gasteiger partial charge on any atom is 0.270 e. The van der Waals surface area contributed by atoms with Crippen LogP contribution < -0.4 is 5.32 Å². The Labute approximate surface area is 256 Å². The molecule has 2 aromatic carbocycles. The van der Waals surface area contributed by atoms with E-state index in [9.17, 15) is 39.4 Å². The summed E-state index contributed by atoms with van der Waals surface area (Å²) in [5.41, 5.74) is -1.23. The summed E-state index contributed by atoms with van der Waals surface area (Å²) in [5.74, 6) is -1.85. The quantitative estimate of drug-likeness (QED) is 0.172. The molecular weight excluding hydrogens is 596 g/mol. The van der Waals surface area contributed by atoms with Crippen molar-refractivity contribution in [3.63, 3.8) is 0 Å². The van der Waals surface area contributed by atoms with Crippen molar-refractivity contribution in [1.29, 1.82) is 0 Å². The van der Waals surface area contributed by atoms with Gasteiger partial charge in [0.2, 0.25) is 11.8 Å². The Morgan fingerprint density at radius 2 is 0.978 bits per heavy atom. The van der Waals surface area contributed by atoms with E-state index >= 15 is 0 Å². The molecule has 45 heavy (non-hydrogen) atoms. The van der Waals surface area contributed by atoms with Gasteiger partial charge in [0.1, 0.15) is 0 Å². The fraction of sp³-hybridized carbons (Fsp3) is 0.429. The number of nitro groups is 2. The van der Waals surface area contributed by atoms with Gasteiger partial charge in [0.05, 0.1) is 50.0 Å². The van der Waals surface area contributed by atoms with E-state index in [1.165, 1.54) is 36.4 Å². The average molecular weight is 629 g/mol. The first-order valence-corrected chi connectivity index (χ1v) is 13.9. The monoisotopic (exact) mass is 628 g/mol. The lowest BCUT2D eigenvalue weighted by atomic mass is 9.77. The number of carbonyl (C=O) groups excluding carboxylic acids is 4. The number of amides is 4. The minimum Gasteiger partial charge on any atom is -0.356 e. The van der Waals surface area contributed by atoms with Gasteiger partial charge in [-0.1, -0.05) is 12.1 Å². The zero-order valence-corrected chi connectivity index (χ0v) is 25.0. The van der Waals surface area contributed by atoms with Crippen LogP contribution in [0.25, 0.3) is 0 Å². The largest absolute Gasteiger partial charge is 0.356 e. The number of hydrogen-bond acceptors (Lipinski definition) is 11. The maximum absolute atomic E-state index is 13.1. The minimum atomic E-state index is -1.75. The number of nitrogens with zero attached hydrogens (tertiary/aromatic N) is 5. The molecule has 0 spiro atoms. The summed E-state index contributed by atoms with van der Waals surface area (Å²) in [5, 5.41) is 39.1. The lowest BCUT2D eigenvalue weighted by Crippen LogP contribution is -2.84. The summed E-state index contributed by atoms with van der Waals surface area (Å²) < 4.78 is 0. The lowest BCUT2D eigenvalue weighted by molar-refractivity contribution is -0.655. The molecule has 2 N–H and O–H groups in total. The molecular formula is C28H32N6O11. The smallest absolute Gasteiger partial charge is 0.270 e. The molecule has 0 radical (unpaired) electrons. The molecule has 4 rings (SSSR count). The number of nitro benzene ring substituents is 2. The predicted octanol–water partition coefficient (Wildman–Crippen LogP) is 1.83. The number of hydrogen-bond donors (Lipinski definition) is 1. The first-order valence-electron chi connectivity index (χ1n) is 13.9. The molecule has 0 aromatic heterocycles. The van der Waals surface area contributed by atoms with Gasteiger partial charge in [-0.25, -0.2) is 0 Å². The third-order valence-electron chi connectivity index (χ3n) is 7.87. The van der Waals surface area contributed by atoms with E-state index in [4.69, 9.17) is 15.3 Å². The number of non-ortho nitro benzene ring substituents is 2. The normalized spacial score (nSPS) is 16.4. The number of benzene rings is 2. The minimum absolute atomic E-state index is 0.145. The van der Waals surface area contributed by atoms with Crippen LogP contribution >= 0.6 is 0 Å². The van der Waals surface area contributed by atoms with E-state index in [0.717, 1.165) is 9.80 Å². The van der Waals surface area contributed by atoms with Crippen LogP contribution in [-0.4, -0.2) is 74.5 Å². The van der Waals surface area contributed by atoms with E-state index < -0.39 is 37.6 Å².